The van der Waals surface area contributed by atoms with E-state index in [0.29, 0.717) is 5.95 Å². The quantitative estimate of drug-likeness (QED) is 0.0695. The molecule has 1 unspecified atom stereocenters. The first kappa shape index (κ1) is 58.0. The van der Waals surface area contributed by atoms with Crippen LogP contribution in [0.2, 0.25) is 0 Å². The van der Waals surface area contributed by atoms with E-state index in [4.69, 9.17) is 15.0 Å². The van der Waals surface area contributed by atoms with Crippen LogP contribution >= 0.6 is 11.3 Å². The van der Waals surface area contributed by atoms with E-state index in [0.717, 1.165) is 94.9 Å². The third-order valence-electron chi connectivity index (χ3n) is 11.5. The SMILES string of the molecule is C#CC.C/C=C\C=C/C.C/C=C\CCC(/C=C\C)c1nc2ccc3c4cc(-c5ccc(N(C)c6ccccc6)cc5)ccc4n(-c4nc(-c5ccccc5)cc(-c5ccc(C)cc5)n4)c3c2s1.CC.CC.CC. The molecule has 0 radical (unpaired) electrons. The van der Waals surface area contributed by atoms with Gasteiger partial charge in [0.05, 0.1) is 32.6 Å². The summed E-state index contributed by atoms with van der Waals surface area (Å²) in [6, 6.07) is 51.7. The highest BCUT2D eigenvalue weighted by Crippen LogP contribution is 2.42. The van der Waals surface area contributed by atoms with E-state index in [-0.39, 0.29) is 5.92 Å². The summed E-state index contributed by atoms with van der Waals surface area (Å²) in [5.74, 6) is 3.12. The lowest BCUT2D eigenvalue weighted by atomic mass is 10.0. The number of anilines is 2. The lowest BCUT2D eigenvalue weighted by molar-refractivity contribution is 0.745. The molecule has 0 saturated carbocycles. The molecule has 73 heavy (non-hydrogen) atoms. The number of terminal acetylenes is 1. The third kappa shape index (κ3) is 15.0. The van der Waals surface area contributed by atoms with Gasteiger partial charge >= 0.3 is 0 Å². The van der Waals surface area contributed by atoms with Crippen LogP contribution < -0.4 is 4.90 Å². The average molecular weight is 984 g/mol. The van der Waals surface area contributed by atoms with E-state index in [2.05, 4.69) is 213 Å². The Morgan fingerprint density at radius 1 is 0.603 bits per heavy atom. The molecule has 3 heterocycles. The topological polar surface area (TPSA) is 46.8 Å². The molecule has 0 bridgehead atoms. The first-order chi connectivity index (χ1) is 35.8. The van der Waals surface area contributed by atoms with Crippen molar-refractivity contribution in [3.05, 3.63) is 205 Å². The molecule has 6 heteroatoms. The minimum absolute atomic E-state index is 0.229. The highest BCUT2D eigenvalue weighted by molar-refractivity contribution is 7.19. The second kappa shape index (κ2) is 31.0. The number of nitrogens with zero attached hydrogens (tertiary/aromatic N) is 5. The fourth-order valence-corrected chi connectivity index (χ4v) is 9.31. The van der Waals surface area contributed by atoms with Crippen molar-refractivity contribution in [2.45, 2.75) is 102 Å². The highest BCUT2D eigenvalue weighted by atomic mass is 32.1. The Hall–Kier alpha value is -7.59. The second-order valence-corrected chi connectivity index (χ2v) is 17.2. The molecule has 0 spiro atoms. The van der Waals surface area contributed by atoms with Crippen LogP contribution in [0.25, 0.3) is 71.6 Å². The molecule has 9 rings (SSSR count). The van der Waals surface area contributed by atoms with Gasteiger partial charge in [-0.05, 0) is 120 Å². The van der Waals surface area contributed by atoms with Crippen molar-refractivity contribution in [1.82, 2.24) is 19.5 Å². The van der Waals surface area contributed by atoms with Crippen LogP contribution in [0.1, 0.15) is 105 Å². The number of aryl methyl sites for hydroxylation is 1. The summed E-state index contributed by atoms with van der Waals surface area (Å²) in [7, 11) is 2.11. The van der Waals surface area contributed by atoms with Gasteiger partial charge in [0.2, 0.25) is 5.95 Å². The number of para-hydroxylation sites is 1. The summed E-state index contributed by atoms with van der Waals surface area (Å²) < 4.78 is 3.43. The van der Waals surface area contributed by atoms with Crippen molar-refractivity contribution in [3.8, 4) is 51.9 Å². The highest BCUT2D eigenvalue weighted by Gasteiger charge is 2.23. The number of rotatable bonds is 12. The van der Waals surface area contributed by atoms with Gasteiger partial charge in [-0.1, -0.05) is 187 Å². The fourth-order valence-electron chi connectivity index (χ4n) is 8.09. The van der Waals surface area contributed by atoms with Crippen molar-refractivity contribution in [2.75, 3.05) is 11.9 Å². The monoisotopic (exact) mass is 984 g/mol. The number of fused-ring (bicyclic) bond motifs is 5. The smallest absolute Gasteiger partial charge is 0.235 e. The molecule has 0 fully saturated rings. The van der Waals surface area contributed by atoms with Gasteiger partial charge in [0, 0.05) is 46.2 Å². The third-order valence-corrected chi connectivity index (χ3v) is 12.7. The zero-order valence-electron chi connectivity index (χ0n) is 45.7. The molecule has 6 aromatic carbocycles. The van der Waals surface area contributed by atoms with Gasteiger partial charge in [0.25, 0.3) is 0 Å². The lowest BCUT2D eigenvalue weighted by Crippen LogP contribution is -2.08. The number of hydrogen-bond donors (Lipinski definition) is 0. The van der Waals surface area contributed by atoms with Crippen molar-refractivity contribution in [2.24, 2.45) is 0 Å². The molecular weight excluding hydrogens is 907 g/mol. The number of benzene rings is 6. The van der Waals surface area contributed by atoms with Gasteiger partial charge in [0.15, 0.2) is 0 Å². The van der Waals surface area contributed by atoms with Crippen LogP contribution in [-0.4, -0.2) is 26.6 Å². The van der Waals surface area contributed by atoms with Crippen LogP contribution in [-0.2, 0) is 0 Å². The number of thiazole rings is 1. The van der Waals surface area contributed by atoms with Crippen LogP contribution in [0, 0.1) is 19.3 Å². The summed E-state index contributed by atoms with van der Waals surface area (Å²) in [4.78, 5) is 18.2. The van der Waals surface area contributed by atoms with Gasteiger partial charge in [-0.25, -0.2) is 15.0 Å². The van der Waals surface area contributed by atoms with Crippen LogP contribution in [0.4, 0.5) is 11.4 Å². The molecule has 0 aliphatic heterocycles. The Morgan fingerprint density at radius 2 is 1.15 bits per heavy atom. The summed E-state index contributed by atoms with van der Waals surface area (Å²) >= 11 is 1.80. The Morgan fingerprint density at radius 3 is 1.73 bits per heavy atom. The molecule has 0 amide bonds. The van der Waals surface area contributed by atoms with E-state index >= 15 is 0 Å². The first-order valence-corrected chi connectivity index (χ1v) is 26.8. The van der Waals surface area contributed by atoms with Gasteiger partial charge in [0.1, 0.15) is 5.01 Å². The predicted octanol–water partition coefficient (Wildman–Crippen LogP) is 20.1. The lowest BCUT2D eigenvalue weighted by Gasteiger charge is -2.19. The van der Waals surface area contributed by atoms with Crippen molar-refractivity contribution < 1.29 is 0 Å². The molecule has 0 aliphatic rings. The van der Waals surface area contributed by atoms with E-state index < -0.39 is 0 Å². The zero-order chi connectivity index (χ0) is 53.1. The van der Waals surface area contributed by atoms with Crippen molar-refractivity contribution in [3.63, 3.8) is 0 Å². The largest absolute Gasteiger partial charge is 0.345 e. The van der Waals surface area contributed by atoms with Crippen LogP contribution in [0.5, 0.6) is 0 Å². The van der Waals surface area contributed by atoms with Crippen molar-refractivity contribution >= 4 is 54.7 Å². The standard InChI is InChI=1S/C52H45N5S.C6H10.C3H4.3C2H6/c1-5-7-10-18-39(15-6-2)51-53-45-31-30-43-44-33-40(36-25-28-42(29-26-36)56(4)41-19-13-9-14-20-41)27-32-48(44)57(49(43)50(45)58-51)52-54-46(37-16-11-8-12-17-37)34-47(55-52)38-23-21-35(3)22-24-38;1-3-5-6-4-2;1-3-2;3*1-2/h5-9,11-17,19-34,39H,10,18H2,1-4H3;3-6H,1-2H3;1H,2H3;3*1-2H3/b7-5-,15-6-;5-3-,6-4-;;;;. The van der Waals surface area contributed by atoms with E-state index in [9.17, 15) is 0 Å². The van der Waals surface area contributed by atoms with E-state index in [1.54, 1.807) is 18.3 Å². The summed E-state index contributed by atoms with van der Waals surface area (Å²) in [6.45, 7) is 24.0. The van der Waals surface area contributed by atoms with Crippen molar-refractivity contribution in [1.29, 1.82) is 0 Å². The first-order valence-electron chi connectivity index (χ1n) is 26.0. The number of aromatic nitrogens is 4. The molecule has 0 saturated heterocycles. The van der Waals surface area contributed by atoms with Crippen LogP contribution in [0.15, 0.2) is 194 Å². The Balaban J connectivity index is 0.000000691. The Bertz CT molecular complexity index is 3190. The van der Waals surface area contributed by atoms with Gasteiger partial charge < -0.3 is 4.90 Å². The summed E-state index contributed by atoms with van der Waals surface area (Å²) in [5.41, 5.74) is 12.8. The van der Waals surface area contributed by atoms with E-state index in [1.165, 1.54) is 5.56 Å². The Labute approximate surface area is 442 Å². The molecule has 1 atom stereocenters. The van der Waals surface area contributed by atoms with Gasteiger partial charge in [-0.3, -0.25) is 4.57 Å². The molecule has 3 aromatic heterocycles. The maximum Gasteiger partial charge on any atom is 0.235 e. The summed E-state index contributed by atoms with van der Waals surface area (Å²) in [6.07, 6.45) is 23.4. The molecular formula is C67H77N5S. The molecule has 0 aliphatic carbocycles. The number of hydrogen-bond acceptors (Lipinski definition) is 5. The summed E-state index contributed by atoms with van der Waals surface area (Å²) in [5, 5.41) is 3.43. The van der Waals surface area contributed by atoms with Crippen LogP contribution in [0.3, 0.4) is 0 Å². The maximum atomic E-state index is 5.37. The fraction of sp³-hybridized carbons (Fsp3) is 0.239. The number of allylic oxidation sites excluding steroid dienone is 8. The van der Waals surface area contributed by atoms with Gasteiger partial charge in [-0.15, -0.1) is 23.7 Å². The van der Waals surface area contributed by atoms with Gasteiger partial charge in [-0.2, -0.15) is 0 Å². The second-order valence-electron chi connectivity index (χ2n) is 16.2. The maximum absolute atomic E-state index is 5.37. The molecule has 0 N–H and O–H groups in total. The molecule has 9 aromatic rings. The van der Waals surface area contributed by atoms with E-state index in [1.807, 2.05) is 85.8 Å². The normalized spacial score (nSPS) is 11.2. The Kier molecular flexibility index (Phi) is 24.6. The average Bonchev–Trinajstić information content (AvgIpc) is 4.04. The molecule has 376 valence electrons. The minimum Gasteiger partial charge on any atom is -0.345 e. The minimum atomic E-state index is 0.229. The predicted molar refractivity (Wildman–Crippen MR) is 325 cm³/mol. The molecule has 5 nitrogen and oxygen atoms in total. The zero-order valence-corrected chi connectivity index (χ0v) is 46.5.